The summed E-state index contributed by atoms with van der Waals surface area (Å²) in [6.45, 7) is 0. The maximum Gasteiger partial charge on any atom is 0.256 e. The molecule has 1 fully saturated rings. The molecule has 1 N–H and O–H groups in total. The normalized spacial score (nSPS) is 17.2. The standard InChI is InChI=1S/C20H14Cl2N2O2/c21-16-8-7-15(10-17(16)22)24-19(25)11-18(20(24)26)23-14-6-5-12-3-1-2-4-13(12)9-14/h1-10,18,23H,11H2. The Morgan fingerprint density at radius 2 is 1.65 bits per heavy atom. The zero-order chi connectivity index (χ0) is 18.3. The second-order valence-electron chi connectivity index (χ2n) is 6.13. The number of amides is 2. The van der Waals surface area contributed by atoms with Gasteiger partial charge in [0.05, 0.1) is 22.2 Å². The van der Waals surface area contributed by atoms with Crippen molar-refractivity contribution in [3.63, 3.8) is 0 Å². The molecule has 0 aromatic heterocycles. The molecule has 3 aromatic rings. The Hall–Kier alpha value is -2.56. The predicted octanol–water partition coefficient (Wildman–Crippen LogP) is 4.89. The summed E-state index contributed by atoms with van der Waals surface area (Å²) in [6, 6.07) is 17.9. The van der Waals surface area contributed by atoms with Gasteiger partial charge in [-0.1, -0.05) is 53.5 Å². The maximum atomic E-state index is 12.7. The number of hydrogen-bond donors (Lipinski definition) is 1. The Bertz CT molecular complexity index is 1040. The van der Waals surface area contributed by atoms with Crippen LogP contribution in [0.3, 0.4) is 0 Å². The minimum Gasteiger partial charge on any atom is -0.373 e. The van der Waals surface area contributed by atoms with Gasteiger partial charge in [0, 0.05) is 5.69 Å². The number of carbonyl (C=O) groups is 2. The van der Waals surface area contributed by atoms with Crippen LogP contribution in [0.1, 0.15) is 6.42 Å². The van der Waals surface area contributed by atoms with Crippen LogP contribution in [-0.4, -0.2) is 17.9 Å². The van der Waals surface area contributed by atoms with Gasteiger partial charge in [0.25, 0.3) is 5.91 Å². The molecule has 26 heavy (non-hydrogen) atoms. The molecule has 4 rings (SSSR count). The van der Waals surface area contributed by atoms with Gasteiger partial charge in [-0.05, 0) is 41.1 Å². The van der Waals surface area contributed by atoms with Gasteiger partial charge < -0.3 is 5.32 Å². The highest BCUT2D eigenvalue weighted by molar-refractivity contribution is 6.42. The van der Waals surface area contributed by atoms with Crippen molar-refractivity contribution in [2.45, 2.75) is 12.5 Å². The SMILES string of the molecule is O=C1CC(Nc2ccc3ccccc3c2)C(=O)N1c1ccc(Cl)c(Cl)c1. The van der Waals surface area contributed by atoms with Crippen molar-refractivity contribution in [2.24, 2.45) is 0 Å². The average Bonchev–Trinajstić information content (AvgIpc) is 2.91. The number of fused-ring (bicyclic) bond motifs is 1. The molecule has 6 heteroatoms. The van der Waals surface area contributed by atoms with E-state index in [4.69, 9.17) is 23.2 Å². The van der Waals surface area contributed by atoms with Crippen LogP contribution in [0, 0.1) is 0 Å². The van der Waals surface area contributed by atoms with E-state index in [0.717, 1.165) is 21.4 Å². The summed E-state index contributed by atoms with van der Waals surface area (Å²) in [6.07, 6.45) is 0.0892. The van der Waals surface area contributed by atoms with Crippen molar-refractivity contribution in [1.29, 1.82) is 0 Å². The minimum absolute atomic E-state index is 0.0892. The average molecular weight is 385 g/mol. The molecule has 0 radical (unpaired) electrons. The first kappa shape index (κ1) is 16.9. The van der Waals surface area contributed by atoms with Crippen LogP contribution in [0.5, 0.6) is 0 Å². The third-order valence-corrected chi connectivity index (χ3v) is 5.14. The first-order valence-corrected chi connectivity index (χ1v) is 8.86. The summed E-state index contributed by atoms with van der Waals surface area (Å²) >= 11 is 11.9. The van der Waals surface area contributed by atoms with Crippen LogP contribution in [-0.2, 0) is 9.59 Å². The molecule has 1 unspecified atom stereocenters. The van der Waals surface area contributed by atoms with Crippen LogP contribution in [0.4, 0.5) is 11.4 Å². The van der Waals surface area contributed by atoms with E-state index in [2.05, 4.69) is 5.32 Å². The molecule has 0 bridgehead atoms. The van der Waals surface area contributed by atoms with Crippen LogP contribution in [0.15, 0.2) is 60.7 Å². The van der Waals surface area contributed by atoms with Gasteiger partial charge in [0.2, 0.25) is 5.91 Å². The van der Waals surface area contributed by atoms with E-state index < -0.39 is 6.04 Å². The van der Waals surface area contributed by atoms with Gasteiger partial charge in [-0.25, -0.2) is 4.90 Å². The zero-order valence-corrected chi connectivity index (χ0v) is 15.1. The Balaban J connectivity index is 1.59. The van der Waals surface area contributed by atoms with E-state index in [1.807, 2.05) is 42.5 Å². The van der Waals surface area contributed by atoms with Crippen LogP contribution in [0.2, 0.25) is 10.0 Å². The first-order chi connectivity index (χ1) is 12.5. The maximum absolute atomic E-state index is 12.7. The molecule has 0 saturated carbocycles. The molecule has 3 aromatic carbocycles. The second-order valence-corrected chi connectivity index (χ2v) is 6.94. The van der Waals surface area contributed by atoms with Crippen molar-refractivity contribution >= 4 is 57.2 Å². The Morgan fingerprint density at radius 3 is 2.42 bits per heavy atom. The van der Waals surface area contributed by atoms with E-state index in [1.54, 1.807) is 12.1 Å². The Labute approximate surface area is 160 Å². The minimum atomic E-state index is -0.613. The van der Waals surface area contributed by atoms with Crippen molar-refractivity contribution in [1.82, 2.24) is 0 Å². The van der Waals surface area contributed by atoms with Gasteiger partial charge in [0.15, 0.2) is 0 Å². The lowest BCUT2D eigenvalue weighted by Gasteiger charge is -2.17. The molecule has 1 atom stereocenters. The Kier molecular flexibility index (Phi) is 4.31. The highest BCUT2D eigenvalue weighted by atomic mass is 35.5. The monoisotopic (exact) mass is 384 g/mol. The topological polar surface area (TPSA) is 49.4 Å². The molecule has 1 saturated heterocycles. The number of benzene rings is 3. The smallest absolute Gasteiger partial charge is 0.256 e. The fraction of sp³-hybridized carbons (Fsp3) is 0.100. The lowest BCUT2D eigenvalue weighted by atomic mass is 10.1. The number of rotatable bonds is 3. The fourth-order valence-corrected chi connectivity index (χ4v) is 3.41. The van der Waals surface area contributed by atoms with Gasteiger partial charge >= 0.3 is 0 Å². The number of anilines is 2. The third-order valence-electron chi connectivity index (χ3n) is 4.40. The van der Waals surface area contributed by atoms with Crippen molar-refractivity contribution < 1.29 is 9.59 Å². The molecule has 2 amide bonds. The largest absolute Gasteiger partial charge is 0.373 e. The number of nitrogens with zero attached hydrogens (tertiary/aromatic N) is 1. The zero-order valence-electron chi connectivity index (χ0n) is 13.6. The lowest BCUT2D eigenvalue weighted by molar-refractivity contribution is -0.121. The number of imide groups is 1. The second kappa shape index (κ2) is 6.63. The summed E-state index contributed by atoms with van der Waals surface area (Å²) in [7, 11) is 0. The number of halogens is 2. The van der Waals surface area contributed by atoms with Gasteiger partial charge in [-0.15, -0.1) is 0 Å². The molecule has 0 spiro atoms. The predicted molar refractivity (Wildman–Crippen MR) is 105 cm³/mol. The molecule has 0 aliphatic carbocycles. The fourth-order valence-electron chi connectivity index (χ4n) is 3.12. The summed E-state index contributed by atoms with van der Waals surface area (Å²) in [5, 5.41) is 6.03. The molecule has 1 aliphatic rings. The van der Waals surface area contributed by atoms with Crippen LogP contribution < -0.4 is 10.2 Å². The highest BCUT2D eigenvalue weighted by Crippen LogP contribution is 2.31. The quantitative estimate of drug-likeness (QED) is 0.653. The van der Waals surface area contributed by atoms with Crippen molar-refractivity contribution in [3.8, 4) is 0 Å². The van der Waals surface area contributed by atoms with Gasteiger partial charge in [-0.2, -0.15) is 0 Å². The Morgan fingerprint density at radius 1 is 0.885 bits per heavy atom. The van der Waals surface area contributed by atoms with Crippen molar-refractivity contribution in [2.75, 3.05) is 10.2 Å². The molecule has 130 valence electrons. The van der Waals surface area contributed by atoms with E-state index >= 15 is 0 Å². The first-order valence-electron chi connectivity index (χ1n) is 8.10. The third kappa shape index (κ3) is 3.02. The van der Waals surface area contributed by atoms with Crippen LogP contribution >= 0.6 is 23.2 Å². The summed E-state index contributed by atoms with van der Waals surface area (Å²) in [5.41, 5.74) is 1.23. The van der Waals surface area contributed by atoms with Gasteiger partial charge in [-0.3, -0.25) is 9.59 Å². The highest BCUT2D eigenvalue weighted by Gasteiger charge is 2.39. The summed E-state index contributed by atoms with van der Waals surface area (Å²) in [4.78, 5) is 26.3. The van der Waals surface area contributed by atoms with E-state index in [-0.39, 0.29) is 18.2 Å². The molecule has 1 aliphatic heterocycles. The molecule has 1 heterocycles. The van der Waals surface area contributed by atoms with Crippen molar-refractivity contribution in [3.05, 3.63) is 70.7 Å². The van der Waals surface area contributed by atoms with Crippen LogP contribution in [0.25, 0.3) is 10.8 Å². The molecule has 4 nitrogen and oxygen atoms in total. The number of nitrogens with one attached hydrogen (secondary N) is 1. The van der Waals surface area contributed by atoms with E-state index in [1.165, 1.54) is 6.07 Å². The summed E-state index contributed by atoms with van der Waals surface area (Å²) in [5.74, 6) is -0.576. The number of carbonyl (C=O) groups excluding carboxylic acids is 2. The van der Waals surface area contributed by atoms with E-state index in [9.17, 15) is 9.59 Å². The summed E-state index contributed by atoms with van der Waals surface area (Å²) < 4.78 is 0. The molecular formula is C20H14Cl2N2O2. The van der Waals surface area contributed by atoms with E-state index in [0.29, 0.717) is 15.7 Å². The van der Waals surface area contributed by atoms with Gasteiger partial charge in [0.1, 0.15) is 6.04 Å². The lowest BCUT2D eigenvalue weighted by Crippen LogP contribution is -2.34. The molecular weight excluding hydrogens is 371 g/mol. The number of hydrogen-bond acceptors (Lipinski definition) is 3.